The molecule has 11 heteroatoms. The van der Waals surface area contributed by atoms with Crippen molar-refractivity contribution in [3.05, 3.63) is 24.3 Å². The number of esters is 4. The molecule has 37 heavy (non-hydrogen) atoms. The molecule has 10 atom stereocenters. The second kappa shape index (κ2) is 8.94. The largest absolute Gasteiger partial charge is 0.459 e. The lowest BCUT2D eigenvalue weighted by Crippen LogP contribution is -2.77. The van der Waals surface area contributed by atoms with Crippen molar-refractivity contribution in [2.75, 3.05) is 0 Å². The third kappa shape index (κ3) is 3.91. The Morgan fingerprint density at radius 2 is 1.68 bits per heavy atom. The molecule has 10 nitrogen and oxygen atoms in total. The van der Waals surface area contributed by atoms with E-state index in [4.69, 9.17) is 35.3 Å². The summed E-state index contributed by atoms with van der Waals surface area (Å²) in [6.07, 6.45) is -1.49. The Morgan fingerprint density at radius 1 is 1.05 bits per heavy atom. The number of ketones is 1. The van der Waals surface area contributed by atoms with Gasteiger partial charge in [-0.25, -0.2) is 0 Å². The van der Waals surface area contributed by atoms with E-state index in [0.29, 0.717) is 5.57 Å². The fourth-order valence-electron chi connectivity index (χ4n) is 6.68. The predicted molar refractivity (Wildman–Crippen MR) is 127 cm³/mol. The molecule has 3 aliphatic heterocycles. The number of rotatable bonds is 3. The minimum absolute atomic E-state index is 0.0729. The maximum atomic E-state index is 13.4. The third-order valence-corrected chi connectivity index (χ3v) is 8.72. The smallest absolute Gasteiger partial charge is 0.312 e. The highest BCUT2D eigenvalue weighted by Gasteiger charge is 2.77. The molecule has 0 aromatic heterocycles. The summed E-state index contributed by atoms with van der Waals surface area (Å²) in [5.74, 6) is -5.33. The Labute approximate surface area is 219 Å². The summed E-state index contributed by atoms with van der Waals surface area (Å²) in [4.78, 5) is 63.4. The number of fused-ring (bicyclic) bond motifs is 3. The van der Waals surface area contributed by atoms with Gasteiger partial charge in [0.1, 0.15) is 18.3 Å². The molecule has 0 radical (unpaired) electrons. The number of halogens is 1. The van der Waals surface area contributed by atoms with Gasteiger partial charge in [-0.1, -0.05) is 25.2 Å². The van der Waals surface area contributed by atoms with Crippen LogP contribution < -0.4 is 0 Å². The Morgan fingerprint density at radius 3 is 2.24 bits per heavy atom. The SMILES string of the molecule is C=C1CC(OC(C)=O)C2OC3(C(C)C(=O)OC3C1Cl)C(OC(C)=O)C1C(C)(OC(C)=O)C(=O)C=CC21C. The highest BCUT2D eigenvalue weighted by Crippen LogP contribution is 2.62. The molecule has 2 bridgehead atoms. The van der Waals surface area contributed by atoms with Crippen molar-refractivity contribution in [2.24, 2.45) is 17.3 Å². The molecular formula is C26H31ClO10. The fourth-order valence-corrected chi connectivity index (χ4v) is 7.02. The van der Waals surface area contributed by atoms with Crippen LogP contribution >= 0.6 is 11.6 Å². The van der Waals surface area contributed by atoms with E-state index in [2.05, 4.69) is 6.58 Å². The Balaban J connectivity index is 2.08. The first-order valence-electron chi connectivity index (χ1n) is 12.1. The van der Waals surface area contributed by atoms with E-state index in [0.717, 1.165) is 0 Å². The lowest BCUT2D eigenvalue weighted by molar-refractivity contribution is -0.319. The first-order chi connectivity index (χ1) is 17.1. The molecule has 3 saturated heterocycles. The number of alkyl halides is 1. The molecule has 4 rings (SSSR count). The van der Waals surface area contributed by atoms with E-state index in [1.54, 1.807) is 19.9 Å². The van der Waals surface area contributed by atoms with Gasteiger partial charge in [-0.3, -0.25) is 24.0 Å². The highest BCUT2D eigenvalue weighted by atomic mass is 35.5. The monoisotopic (exact) mass is 538 g/mol. The summed E-state index contributed by atoms with van der Waals surface area (Å²) in [5.41, 5.74) is -4.32. The van der Waals surface area contributed by atoms with Crippen LogP contribution in [0.1, 0.15) is 48.0 Å². The van der Waals surface area contributed by atoms with Crippen molar-refractivity contribution < 1.29 is 47.7 Å². The zero-order valence-corrected chi connectivity index (χ0v) is 22.3. The first-order valence-corrected chi connectivity index (χ1v) is 12.5. The van der Waals surface area contributed by atoms with Crippen LogP contribution in [-0.4, -0.2) is 70.7 Å². The van der Waals surface area contributed by atoms with Crippen LogP contribution in [0.2, 0.25) is 0 Å². The zero-order chi connectivity index (χ0) is 27.7. The van der Waals surface area contributed by atoms with Gasteiger partial charge in [-0.15, -0.1) is 11.6 Å². The number of hydrogen-bond acceptors (Lipinski definition) is 10. The van der Waals surface area contributed by atoms with Gasteiger partial charge in [0.05, 0.1) is 17.2 Å². The van der Waals surface area contributed by atoms with Gasteiger partial charge in [0.25, 0.3) is 0 Å². The molecule has 3 heterocycles. The van der Waals surface area contributed by atoms with E-state index in [1.165, 1.54) is 33.8 Å². The van der Waals surface area contributed by atoms with E-state index in [-0.39, 0.29) is 6.42 Å². The van der Waals surface area contributed by atoms with Crippen molar-refractivity contribution in [1.29, 1.82) is 0 Å². The second-order valence-corrected chi connectivity index (χ2v) is 11.1. The summed E-state index contributed by atoms with van der Waals surface area (Å²) in [7, 11) is 0. The van der Waals surface area contributed by atoms with Gasteiger partial charge >= 0.3 is 23.9 Å². The van der Waals surface area contributed by atoms with Crippen LogP contribution in [0.5, 0.6) is 0 Å². The Kier molecular flexibility index (Phi) is 6.60. The average Bonchev–Trinajstić information content (AvgIpc) is 3.01. The van der Waals surface area contributed by atoms with Crippen molar-refractivity contribution in [1.82, 2.24) is 0 Å². The van der Waals surface area contributed by atoms with Gasteiger partial charge in [0, 0.05) is 32.6 Å². The molecule has 0 saturated carbocycles. The third-order valence-electron chi connectivity index (χ3n) is 8.18. The topological polar surface area (TPSA) is 132 Å². The number of hydrogen-bond donors (Lipinski definition) is 0. The fraction of sp³-hybridized carbons (Fsp3) is 0.654. The standard InChI is InChI=1S/C26H31ClO10/c1-11-10-16(33-13(3)28)20-24(6)9-8-17(31)25(7,36-15(5)30)19(24)22(34-14(4)29)26(37-20)12(2)23(32)35-21(26)18(11)27/h8-9,12,16,18-22H,1,10H2,2-7H3. The molecule has 1 spiro atoms. The first kappa shape index (κ1) is 27.3. The summed E-state index contributed by atoms with van der Waals surface area (Å²) < 4.78 is 29.7. The Hall–Kier alpha value is -2.72. The lowest BCUT2D eigenvalue weighted by Gasteiger charge is -2.63. The summed E-state index contributed by atoms with van der Waals surface area (Å²) in [6.45, 7) is 12.4. The number of carbonyl (C=O) groups excluding carboxylic acids is 5. The maximum absolute atomic E-state index is 13.4. The molecule has 202 valence electrons. The molecule has 0 aromatic carbocycles. The molecule has 10 unspecified atom stereocenters. The maximum Gasteiger partial charge on any atom is 0.312 e. The van der Waals surface area contributed by atoms with Crippen molar-refractivity contribution >= 4 is 41.3 Å². The molecule has 0 aromatic rings. The molecule has 4 aliphatic rings. The summed E-state index contributed by atoms with van der Waals surface area (Å²) in [6, 6.07) is 0. The van der Waals surface area contributed by atoms with Crippen LogP contribution in [0, 0.1) is 17.3 Å². The highest BCUT2D eigenvalue weighted by molar-refractivity contribution is 6.23. The Bertz CT molecular complexity index is 1110. The number of carbonyl (C=O) groups is 5. The lowest BCUT2D eigenvalue weighted by atomic mass is 9.52. The molecule has 3 fully saturated rings. The van der Waals surface area contributed by atoms with E-state index < -0.39 is 87.9 Å². The minimum Gasteiger partial charge on any atom is -0.459 e. The van der Waals surface area contributed by atoms with Crippen LogP contribution in [0.15, 0.2) is 24.3 Å². The van der Waals surface area contributed by atoms with Gasteiger partial charge in [0.2, 0.25) is 0 Å². The van der Waals surface area contributed by atoms with Gasteiger partial charge in [0.15, 0.2) is 23.1 Å². The molecule has 1 aliphatic carbocycles. The zero-order valence-electron chi connectivity index (χ0n) is 21.6. The normalized spacial score (nSPS) is 44.5. The summed E-state index contributed by atoms with van der Waals surface area (Å²) >= 11 is 6.81. The average molecular weight is 539 g/mol. The minimum atomic E-state index is -1.83. The van der Waals surface area contributed by atoms with E-state index >= 15 is 0 Å². The molecule has 0 N–H and O–H groups in total. The molecule has 0 amide bonds. The van der Waals surface area contributed by atoms with Crippen molar-refractivity contribution in [2.45, 2.75) is 89.0 Å². The van der Waals surface area contributed by atoms with Gasteiger partial charge < -0.3 is 23.7 Å². The van der Waals surface area contributed by atoms with E-state index in [9.17, 15) is 24.0 Å². The van der Waals surface area contributed by atoms with Crippen molar-refractivity contribution in [3.63, 3.8) is 0 Å². The van der Waals surface area contributed by atoms with Crippen LogP contribution in [0.3, 0.4) is 0 Å². The van der Waals surface area contributed by atoms with Crippen molar-refractivity contribution in [3.8, 4) is 0 Å². The van der Waals surface area contributed by atoms with Crippen LogP contribution in [0.25, 0.3) is 0 Å². The van der Waals surface area contributed by atoms with E-state index in [1.807, 2.05) is 0 Å². The van der Waals surface area contributed by atoms with Gasteiger partial charge in [-0.2, -0.15) is 0 Å². The molecular weight excluding hydrogens is 508 g/mol. The summed E-state index contributed by atoms with van der Waals surface area (Å²) in [5, 5.41) is -1.01. The van der Waals surface area contributed by atoms with Gasteiger partial charge in [-0.05, 0) is 19.9 Å². The van der Waals surface area contributed by atoms with Crippen LogP contribution in [0.4, 0.5) is 0 Å². The quantitative estimate of drug-likeness (QED) is 0.228. The number of ether oxygens (including phenoxy) is 5. The van der Waals surface area contributed by atoms with Crippen LogP contribution in [-0.2, 0) is 47.7 Å². The second-order valence-electron chi connectivity index (χ2n) is 10.7. The predicted octanol–water partition coefficient (Wildman–Crippen LogP) is 2.20.